The van der Waals surface area contributed by atoms with Crippen LogP contribution in [0.1, 0.15) is 83.1 Å². The van der Waals surface area contributed by atoms with Gasteiger partial charge in [0, 0.05) is 31.1 Å². The van der Waals surface area contributed by atoms with E-state index < -0.39 is 114 Å². The molecule has 1 heterocycles. The third kappa shape index (κ3) is 22.2. The van der Waals surface area contributed by atoms with E-state index in [1.54, 1.807) is 24.3 Å². The Morgan fingerprint density at radius 2 is 1.49 bits per heavy atom. The molecular formula is C46H75ClN16O11. The number of nitrogens with zero attached hydrogens (tertiary/aromatic N) is 3. The second-order valence-corrected chi connectivity index (χ2v) is 17.7. The number of benzene rings is 1. The van der Waals surface area contributed by atoms with Gasteiger partial charge in [0.05, 0.1) is 18.7 Å². The van der Waals surface area contributed by atoms with Gasteiger partial charge in [-0.2, -0.15) is 0 Å². The van der Waals surface area contributed by atoms with Crippen LogP contribution in [0.15, 0.2) is 46.0 Å². The first-order valence-corrected chi connectivity index (χ1v) is 24.7. The number of carboxylic acids is 1. The standard InChI is InChI=1S/C46H75ClN16O11/c1-26(57-43(71)37(35(64)24-51)62-39(67)29(52)13-4-6-18-48)38(66)56-25-36(65)58-31(15-8-20-50)44(72)63-22-10-17-34(63)42(70)61-33(23-27-11-2-3-12-28(27)47)41(69)59-30(14-5-7-19-49)40(68)60-32(45(73)74)16-9-21-55-46(53)54/h2-3,11-12,16,26,29-30,33-35,37,64H,4-10,13-15,17-25,48-52H2,1H3,(H,56,66)(H,57,71)(H,59,69)(H,60,68)(H,61,70)(H,62,67)(H,73,74)(H4,53,54,55)/b32-16-,58-31?/t26-,29-,30-,33-,34-,35-,37-/m0/s1. The van der Waals surface area contributed by atoms with Gasteiger partial charge in [-0.3, -0.25) is 43.3 Å². The summed E-state index contributed by atoms with van der Waals surface area (Å²) in [6.45, 7) is 0.959. The first-order chi connectivity index (χ1) is 35.2. The van der Waals surface area contributed by atoms with Crippen LogP contribution in [0.2, 0.25) is 5.02 Å². The minimum Gasteiger partial charge on any atom is -0.477 e. The molecule has 7 atom stereocenters. The number of aliphatic imine (C=N–C) groups is 2. The number of amides is 8. The van der Waals surface area contributed by atoms with Crippen LogP contribution >= 0.6 is 11.6 Å². The second-order valence-electron chi connectivity index (χ2n) is 17.3. The highest BCUT2D eigenvalue weighted by atomic mass is 35.5. The van der Waals surface area contributed by atoms with Gasteiger partial charge in [-0.25, -0.2) is 9.79 Å². The first kappa shape index (κ1) is 63.5. The number of nitrogens with one attached hydrogen (secondary N) is 6. The van der Waals surface area contributed by atoms with Gasteiger partial charge >= 0.3 is 5.97 Å². The Hall–Kier alpha value is -6.62. The summed E-state index contributed by atoms with van der Waals surface area (Å²) in [5.41, 5.74) is 38.8. The van der Waals surface area contributed by atoms with Crippen LogP contribution in [-0.2, 0) is 49.6 Å². The minimum atomic E-state index is -1.58. The predicted octanol–water partition coefficient (Wildman–Crippen LogP) is -4.69. The van der Waals surface area contributed by atoms with Crippen molar-refractivity contribution in [2.24, 2.45) is 50.1 Å². The van der Waals surface area contributed by atoms with Gasteiger partial charge < -0.3 is 87.1 Å². The number of likely N-dealkylation sites (tertiary alicyclic amines) is 1. The molecule has 1 aliphatic heterocycles. The van der Waals surface area contributed by atoms with Crippen LogP contribution in [0, 0.1) is 0 Å². The summed E-state index contributed by atoms with van der Waals surface area (Å²) < 4.78 is 0. The third-order valence-corrected chi connectivity index (χ3v) is 11.8. The summed E-state index contributed by atoms with van der Waals surface area (Å²) in [5.74, 6) is -8.46. The lowest BCUT2D eigenvalue weighted by molar-refractivity contribution is -0.137. The largest absolute Gasteiger partial charge is 0.477 e. The fourth-order valence-electron chi connectivity index (χ4n) is 7.38. The lowest BCUT2D eigenvalue weighted by Crippen LogP contribution is -2.60. The van der Waals surface area contributed by atoms with Gasteiger partial charge in [0.15, 0.2) is 5.96 Å². The van der Waals surface area contributed by atoms with Gasteiger partial charge in [0.2, 0.25) is 35.4 Å². The molecule has 0 bridgehead atoms. The summed E-state index contributed by atoms with van der Waals surface area (Å²) in [7, 11) is 0. The number of halogens is 1. The van der Waals surface area contributed by atoms with Crippen LogP contribution in [0.4, 0.5) is 0 Å². The summed E-state index contributed by atoms with van der Waals surface area (Å²) in [6.07, 6.45) is 2.38. The number of rotatable bonds is 33. The molecule has 0 saturated carbocycles. The zero-order chi connectivity index (χ0) is 55.3. The predicted molar refractivity (Wildman–Crippen MR) is 275 cm³/mol. The fraction of sp³-hybridized carbons (Fsp3) is 0.587. The highest BCUT2D eigenvalue weighted by molar-refractivity contribution is 6.40. The van der Waals surface area contributed by atoms with Crippen molar-refractivity contribution in [2.45, 2.75) is 126 Å². The Kier molecular flexibility index (Phi) is 29.2. The molecule has 28 heteroatoms. The van der Waals surface area contributed by atoms with E-state index in [-0.39, 0.29) is 87.8 Å². The van der Waals surface area contributed by atoms with Gasteiger partial charge in [-0.1, -0.05) is 42.3 Å². The molecule has 1 saturated heterocycles. The Balaban J connectivity index is 2.30. The first-order valence-electron chi connectivity index (χ1n) is 24.4. The van der Waals surface area contributed by atoms with Gasteiger partial charge in [-0.05, 0) is 102 Å². The molecule has 412 valence electrons. The number of nitrogens with two attached hydrogens (primary N) is 7. The Morgan fingerprint density at radius 3 is 2.11 bits per heavy atom. The molecule has 2 rings (SSSR count). The molecular weight excluding hydrogens is 988 g/mol. The smallest absolute Gasteiger partial charge is 0.352 e. The molecule has 8 amide bonds. The van der Waals surface area contributed by atoms with E-state index in [2.05, 4.69) is 41.9 Å². The topological polar surface area (TPSA) is 476 Å². The molecule has 1 aromatic carbocycles. The lowest BCUT2D eigenvalue weighted by atomic mass is 10.0. The SMILES string of the molecule is C[C@H](NC(=O)[C@@H](NC(=O)[C@@H](N)CCCCN)[C@@H](O)CN)C(=O)NCC(=O)N=C(CCCN)C(=O)N1CCC[C@H]1C(=O)N[C@@H](Cc1ccccc1Cl)C(=O)N[C@@H](CCCCN)C(=O)N/C(=C\CCN=C(N)N)C(=O)O. The van der Waals surface area contributed by atoms with Crippen molar-refractivity contribution in [3.8, 4) is 0 Å². The average molecular weight is 1060 g/mol. The Bertz CT molecular complexity index is 2180. The molecule has 27 nitrogen and oxygen atoms in total. The number of hydrogen-bond acceptors (Lipinski definition) is 16. The van der Waals surface area contributed by atoms with E-state index in [0.29, 0.717) is 44.2 Å². The van der Waals surface area contributed by atoms with Crippen molar-refractivity contribution in [2.75, 3.05) is 45.8 Å². The highest BCUT2D eigenvalue weighted by Gasteiger charge is 2.39. The average Bonchev–Trinajstić information content (AvgIpc) is 3.87. The second kappa shape index (κ2) is 34.0. The summed E-state index contributed by atoms with van der Waals surface area (Å²) in [5, 5.41) is 35.2. The van der Waals surface area contributed by atoms with E-state index in [4.69, 9.17) is 51.7 Å². The van der Waals surface area contributed by atoms with Crippen molar-refractivity contribution in [3.05, 3.63) is 46.6 Å². The molecule has 74 heavy (non-hydrogen) atoms. The number of guanidine groups is 1. The van der Waals surface area contributed by atoms with Crippen LogP contribution in [0.25, 0.3) is 0 Å². The zero-order valence-corrected chi connectivity index (χ0v) is 42.4. The quantitative estimate of drug-likeness (QED) is 0.0136. The number of aliphatic carboxylic acids is 1. The van der Waals surface area contributed by atoms with Crippen LogP contribution in [-0.4, -0.2) is 168 Å². The molecule has 1 aromatic rings. The van der Waals surface area contributed by atoms with Crippen molar-refractivity contribution in [1.29, 1.82) is 0 Å². The van der Waals surface area contributed by atoms with Crippen molar-refractivity contribution < 1.29 is 53.4 Å². The van der Waals surface area contributed by atoms with E-state index in [1.807, 2.05) is 0 Å². The van der Waals surface area contributed by atoms with Crippen LogP contribution in [0.5, 0.6) is 0 Å². The number of unbranched alkanes of at least 4 members (excludes halogenated alkanes) is 2. The maximum absolute atomic E-state index is 14.2. The molecule has 0 aliphatic carbocycles. The summed E-state index contributed by atoms with van der Waals surface area (Å²) in [6, 6.07) is -1.24. The summed E-state index contributed by atoms with van der Waals surface area (Å²) >= 11 is 6.48. The number of carbonyl (C=O) groups excluding carboxylic acids is 8. The van der Waals surface area contributed by atoms with Crippen LogP contribution in [0.3, 0.4) is 0 Å². The van der Waals surface area contributed by atoms with Crippen molar-refractivity contribution >= 4 is 76.5 Å². The maximum atomic E-state index is 14.2. The number of aliphatic hydroxyl groups is 1. The molecule has 0 spiro atoms. The number of carbonyl (C=O) groups is 9. The molecule has 1 fully saturated rings. The Labute approximate surface area is 434 Å². The number of hydrogen-bond donors (Lipinski definition) is 15. The maximum Gasteiger partial charge on any atom is 0.352 e. The third-order valence-electron chi connectivity index (χ3n) is 11.5. The van der Waals surface area contributed by atoms with Gasteiger partial charge in [0.1, 0.15) is 41.6 Å². The van der Waals surface area contributed by atoms with Crippen LogP contribution < -0.4 is 72.0 Å². The van der Waals surface area contributed by atoms with Crippen molar-refractivity contribution in [3.63, 3.8) is 0 Å². The molecule has 1 aliphatic rings. The van der Waals surface area contributed by atoms with Crippen molar-refractivity contribution in [1.82, 2.24) is 36.8 Å². The number of carboxylic acid groups (broad SMARTS) is 1. The molecule has 0 radical (unpaired) electrons. The van der Waals surface area contributed by atoms with E-state index in [1.165, 1.54) is 17.9 Å². The van der Waals surface area contributed by atoms with Gasteiger partial charge in [-0.15, -0.1) is 0 Å². The molecule has 0 aromatic heterocycles. The van der Waals surface area contributed by atoms with E-state index in [9.17, 15) is 53.4 Å². The van der Waals surface area contributed by atoms with E-state index in [0.717, 1.165) is 0 Å². The normalized spacial score (nSPS) is 16.1. The molecule has 22 N–H and O–H groups in total. The van der Waals surface area contributed by atoms with E-state index >= 15 is 0 Å². The Morgan fingerprint density at radius 1 is 0.824 bits per heavy atom. The molecule has 0 unspecified atom stereocenters. The monoisotopic (exact) mass is 1060 g/mol. The van der Waals surface area contributed by atoms with Gasteiger partial charge in [0.25, 0.3) is 11.8 Å². The highest BCUT2D eigenvalue weighted by Crippen LogP contribution is 2.21. The minimum absolute atomic E-state index is 0.0323. The fourth-order valence-corrected chi connectivity index (χ4v) is 7.60. The lowest BCUT2D eigenvalue weighted by Gasteiger charge is -2.28. The number of aliphatic hydroxyl groups excluding tert-OH is 1. The summed E-state index contributed by atoms with van der Waals surface area (Å²) in [4.78, 5) is 129. The zero-order valence-electron chi connectivity index (χ0n) is 41.7.